The van der Waals surface area contributed by atoms with Crippen molar-refractivity contribution in [1.82, 2.24) is 4.98 Å². The van der Waals surface area contributed by atoms with E-state index in [2.05, 4.69) is 10.3 Å². The van der Waals surface area contributed by atoms with Crippen molar-refractivity contribution < 1.29 is 19.0 Å². The Morgan fingerprint density at radius 3 is 2.67 bits per heavy atom. The number of hydrogen-bond donors (Lipinski definition) is 2. The van der Waals surface area contributed by atoms with Gasteiger partial charge in [-0.25, -0.2) is 0 Å². The highest BCUT2D eigenvalue weighted by Crippen LogP contribution is 2.35. The van der Waals surface area contributed by atoms with Crippen molar-refractivity contribution in [3.8, 4) is 17.2 Å². The molecule has 140 valence electrons. The molecule has 0 saturated heterocycles. The van der Waals surface area contributed by atoms with Crippen molar-refractivity contribution >= 4 is 22.5 Å². The van der Waals surface area contributed by atoms with Crippen LogP contribution in [0.4, 0.5) is 5.69 Å². The maximum Gasteiger partial charge on any atom is 0.234 e. The Labute approximate surface area is 157 Å². The molecule has 1 aliphatic heterocycles. The van der Waals surface area contributed by atoms with Crippen LogP contribution >= 0.6 is 0 Å². The minimum atomic E-state index is -0.752. The minimum Gasteiger partial charge on any atom is -0.497 e. The molecule has 4 rings (SSSR count). The molecule has 1 amide bonds. The molecule has 1 aliphatic rings. The van der Waals surface area contributed by atoms with E-state index in [0.717, 1.165) is 22.2 Å². The van der Waals surface area contributed by atoms with Crippen molar-refractivity contribution in [2.24, 2.45) is 0 Å². The number of hydrogen-bond acceptors (Lipinski definition) is 4. The maximum atomic E-state index is 13.1. The second kappa shape index (κ2) is 6.54. The summed E-state index contributed by atoms with van der Waals surface area (Å²) in [6.07, 6.45) is 1.88. The third kappa shape index (κ3) is 3.07. The van der Waals surface area contributed by atoms with Crippen LogP contribution in [-0.4, -0.2) is 31.2 Å². The number of ether oxygens (including phenoxy) is 3. The topological polar surface area (TPSA) is 72.6 Å². The van der Waals surface area contributed by atoms with Gasteiger partial charge in [0, 0.05) is 28.9 Å². The van der Waals surface area contributed by atoms with Gasteiger partial charge in [0.1, 0.15) is 19.0 Å². The van der Waals surface area contributed by atoms with Gasteiger partial charge in [-0.05, 0) is 49.7 Å². The summed E-state index contributed by atoms with van der Waals surface area (Å²) >= 11 is 0. The number of anilines is 1. The van der Waals surface area contributed by atoms with Gasteiger partial charge in [0.25, 0.3) is 0 Å². The molecule has 0 atom stereocenters. The van der Waals surface area contributed by atoms with E-state index in [9.17, 15) is 4.79 Å². The van der Waals surface area contributed by atoms with Crippen LogP contribution < -0.4 is 19.5 Å². The first-order valence-electron chi connectivity index (χ1n) is 8.86. The zero-order valence-electron chi connectivity index (χ0n) is 15.6. The average Bonchev–Trinajstić information content (AvgIpc) is 3.11. The molecule has 2 aromatic carbocycles. The molecular formula is C21H22N2O4. The number of nitrogens with one attached hydrogen (secondary N) is 2. The summed E-state index contributed by atoms with van der Waals surface area (Å²) in [5.41, 5.74) is 1.80. The van der Waals surface area contributed by atoms with Gasteiger partial charge in [0.05, 0.1) is 12.5 Å². The molecule has 0 aliphatic carbocycles. The van der Waals surface area contributed by atoms with E-state index in [1.165, 1.54) is 0 Å². The Kier molecular flexibility index (Phi) is 4.18. The van der Waals surface area contributed by atoms with Gasteiger partial charge in [0.15, 0.2) is 11.5 Å². The number of benzene rings is 2. The van der Waals surface area contributed by atoms with Crippen LogP contribution in [0, 0.1) is 0 Å². The highest BCUT2D eigenvalue weighted by molar-refractivity contribution is 6.02. The van der Waals surface area contributed by atoms with Crippen molar-refractivity contribution in [3.05, 3.63) is 48.2 Å². The third-order valence-corrected chi connectivity index (χ3v) is 4.93. The maximum absolute atomic E-state index is 13.1. The molecule has 0 radical (unpaired) electrons. The fourth-order valence-corrected chi connectivity index (χ4v) is 3.27. The first kappa shape index (κ1) is 17.3. The predicted octanol–water partition coefficient (Wildman–Crippen LogP) is 3.86. The Morgan fingerprint density at radius 2 is 1.89 bits per heavy atom. The molecule has 27 heavy (non-hydrogen) atoms. The van der Waals surface area contributed by atoms with Crippen molar-refractivity contribution in [3.63, 3.8) is 0 Å². The Hall–Kier alpha value is -3.15. The van der Waals surface area contributed by atoms with Crippen LogP contribution in [-0.2, 0) is 10.2 Å². The molecular weight excluding hydrogens is 344 g/mol. The number of carbonyl (C=O) groups excluding carboxylic acids is 1. The molecule has 6 heteroatoms. The van der Waals surface area contributed by atoms with E-state index in [0.29, 0.717) is 30.4 Å². The lowest BCUT2D eigenvalue weighted by Crippen LogP contribution is -2.34. The lowest BCUT2D eigenvalue weighted by molar-refractivity contribution is -0.120. The summed E-state index contributed by atoms with van der Waals surface area (Å²) in [5.74, 6) is 1.99. The van der Waals surface area contributed by atoms with Crippen LogP contribution in [0.1, 0.15) is 19.4 Å². The SMILES string of the molecule is COc1ccc2[nH]cc(C(C)(C)C(=O)Nc3ccc4c(c3)OCCO4)c2c1. The van der Waals surface area contributed by atoms with Crippen LogP contribution in [0.5, 0.6) is 17.2 Å². The largest absolute Gasteiger partial charge is 0.497 e. The van der Waals surface area contributed by atoms with E-state index in [4.69, 9.17) is 14.2 Å². The number of carbonyl (C=O) groups is 1. The molecule has 0 bridgehead atoms. The summed E-state index contributed by atoms with van der Waals surface area (Å²) in [5, 5.41) is 3.96. The van der Waals surface area contributed by atoms with Gasteiger partial charge in [-0.15, -0.1) is 0 Å². The number of methoxy groups -OCH3 is 1. The highest BCUT2D eigenvalue weighted by Gasteiger charge is 2.32. The molecule has 0 saturated carbocycles. The number of fused-ring (bicyclic) bond motifs is 2. The van der Waals surface area contributed by atoms with Crippen LogP contribution in [0.15, 0.2) is 42.6 Å². The number of rotatable bonds is 4. The average molecular weight is 366 g/mol. The molecule has 2 N–H and O–H groups in total. The molecule has 2 heterocycles. The fourth-order valence-electron chi connectivity index (χ4n) is 3.27. The smallest absolute Gasteiger partial charge is 0.234 e. The Balaban J connectivity index is 1.63. The fraction of sp³-hybridized carbons (Fsp3) is 0.286. The van der Waals surface area contributed by atoms with E-state index < -0.39 is 5.41 Å². The van der Waals surface area contributed by atoms with E-state index in [1.54, 1.807) is 13.2 Å². The van der Waals surface area contributed by atoms with Crippen LogP contribution in [0.3, 0.4) is 0 Å². The number of H-pyrrole nitrogens is 1. The summed E-state index contributed by atoms with van der Waals surface area (Å²) in [6, 6.07) is 11.2. The summed E-state index contributed by atoms with van der Waals surface area (Å²) in [4.78, 5) is 16.3. The first-order chi connectivity index (χ1) is 13.0. The van der Waals surface area contributed by atoms with E-state index in [-0.39, 0.29) is 5.91 Å². The second-order valence-electron chi connectivity index (χ2n) is 7.05. The van der Waals surface area contributed by atoms with Gasteiger partial charge in [-0.3, -0.25) is 4.79 Å². The molecule has 6 nitrogen and oxygen atoms in total. The van der Waals surface area contributed by atoms with Gasteiger partial charge in [0.2, 0.25) is 5.91 Å². The first-order valence-corrected chi connectivity index (χ1v) is 8.86. The molecule has 1 aromatic heterocycles. The van der Waals surface area contributed by atoms with Gasteiger partial charge >= 0.3 is 0 Å². The van der Waals surface area contributed by atoms with Gasteiger partial charge in [-0.2, -0.15) is 0 Å². The normalized spacial score (nSPS) is 13.4. The second-order valence-corrected chi connectivity index (χ2v) is 7.05. The van der Waals surface area contributed by atoms with E-state index in [1.807, 2.05) is 50.4 Å². The number of amides is 1. The predicted molar refractivity (Wildman–Crippen MR) is 104 cm³/mol. The monoisotopic (exact) mass is 366 g/mol. The highest BCUT2D eigenvalue weighted by atomic mass is 16.6. The summed E-state index contributed by atoms with van der Waals surface area (Å²) < 4.78 is 16.4. The van der Waals surface area contributed by atoms with Crippen LogP contribution in [0.25, 0.3) is 10.9 Å². The Bertz CT molecular complexity index is 1010. The zero-order valence-corrected chi connectivity index (χ0v) is 15.6. The molecule has 0 unspecified atom stereocenters. The number of aromatic nitrogens is 1. The van der Waals surface area contributed by atoms with Crippen molar-refractivity contribution in [2.45, 2.75) is 19.3 Å². The van der Waals surface area contributed by atoms with Crippen molar-refractivity contribution in [2.75, 3.05) is 25.6 Å². The lowest BCUT2D eigenvalue weighted by atomic mass is 9.83. The standard InChI is InChI=1S/C21H22N2O4/c1-21(2,16-12-22-17-6-5-14(25-3)11-15(16)17)20(24)23-13-4-7-18-19(10-13)27-9-8-26-18/h4-7,10-12,22H,8-9H2,1-3H3,(H,23,24). The minimum absolute atomic E-state index is 0.108. The van der Waals surface area contributed by atoms with Crippen molar-refractivity contribution in [1.29, 1.82) is 0 Å². The van der Waals surface area contributed by atoms with E-state index >= 15 is 0 Å². The van der Waals surface area contributed by atoms with Crippen LogP contribution in [0.2, 0.25) is 0 Å². The summed E-state index contributed by atoms with van der Waals surface area (Å²) in [6.45, 7) is 4.85. The zero-order chi connectivity index (χ0) is 19.0. The molecule has 0 spiro atoms. The molecule has 3 aromatic rings. The van der Waals surface area contributed by atoms with Gasteiger partial charge < -0.3 is 24.5 Å². The lowest BCUT2D eigenvalue weighted by Gasteiger charge is -2.24. The summed E-state index contributed by atoms with van der Waals surface area (Å²) in [7, 11) is 1.63. The quantitative estimate of drug-likeness (QED) is 0.735. The third-order valence-electron chi connectivity index (χ3n) is 4.93. The molecule has 0 fully saturated rings. The Morgan fingerprint density at radius 1 is 1.11 bits per heavy atom. The number of aromatic amines is 1. The van der Waals surface area contributed by atoms with Gasteiger partial charge in [-0.1, -0.05) is 0 Å².